The molecule has 0 spiro atoms. The van der Waals surface area contributed by atoms with Gasteiger partial charge >= 0.3 is 0 Å². The van der Waals surface area contributed by atoms with E-state index < -0.39 is 0 Å². The summed E-state index contributed by atoms with van der Waals surface area (Å²) >= 11 is 0. The average Bonchev–Trinajstić information content (AvgIpc) is 2.42. The largest absolute Gasteiger partial charge is 0.409 e. The number of nitrogens with one attached hydrogen (secondary N) is 1. The van der Waals surface area contributed by atoms with E-state index in [1.165, 1.54) is 0 Å². The number of amides is 1. The topological polar surface area (TPSA) is 87.7 Å². The van der Waals surface area contributed by atoms with Crippen molar-refractivity contribution in [2.45, 2.75) is 33.2 Å². The predicted octanol–water partition coefficient (Wildman–Crippen LogP) is 1.83. The summed E-state index contributed by atoms with van der Waals surface area (Å²) in [5.41, 5.74) is 7.07. The summed E-state index contributed by atoms with van der Waals surface area (Å²) in [5.74, 6) is 0.630. The maximum Gasteiger partial charge on any atom is 0.220 e. The third-order valence-electron chi connectivity index (χ3n) is 2.77. The molecule has 0 atom stereocenters. The second kappa shape index (κ2) is 7.41. The first kappa shape index (κ1) is 15.0. The van der Waals surface area contributed by atoms with Crippen molar-refractivity contribution in [1.82, 2.24) is 5.32 Å². The van der Waals surface area contributed by atoms with Crippen LogP contribution in [0.25, 0.3) is 0 Å². The van der Waals surface area contributed by atoms with Gasteiger partial charge in [-0.1, -0.05) is 37.2 Å². The number of rotatable bonds is 6. The van der Waals surface area contributed by atoms with Crippen molar-refractivity contribution >= 4 is 11.7 Å². The number of carbonyl (C=O) groups excluding carboxylic acids is 1. The van der Waals surface area contributed by atoms with Crippen LogP contribution in [0.3, 0.4) is 0 Å². The van der Waals surface area contributed by atoms with Crippen molar-refractivity contribution in [2.75, 3.05) is 0 Å². The molecule has 1 aromatic rings. The lowest BCUT2D eigenvalue weighted by Crippen LogP contribution is -2.23. The molecule has 0 unspecified atom stereocenters. The molecule has 0 heterocycles. The van der Waals surface area contributed by atoms with Gasteiger partial charge in [0.05, 0.1) is 0 Å². The van der Waals surface area contributed by atoms with Crippen molar-refractivity contribution < 1.29 is 10.0 Å². The smallest absolute Gasteiger partial charge is 0.220 e. The predicted molar refractivity (Wildman–Crippen MR) is 74.9 cm³/mol. The number of oxime groups is 1. The maximum absolute atomic E-state index is 11.6. The number of nitrogens with zero attached hydrogens (tertiary/aromatic N) is 1. The van der Waals surface area contributed by atoms with Crippen LogP contribution in [-0.2, 0) is 11.3 Å². The van der Waals surface area contributed by atoms with Gasteiger partial charge < -0.3 is 16.3 Å². The first-order valence-corrected chi connectivity index (χ1v) is 6.36. The van der Waals surface area contributed by atoms with Crippen LogP contribution in [0.5, 0.6) is 0 Å². The normalized spacial score (nSPS) is 11.6. The molecule has 0 bridgehead atoms. The van der Waals surface area contributed by atoms with E-state index in [0.717, 1.165) is 12.0 Å². The van der Waals surface area contributed by atoms with Gasteiger partial charge in [0.25, 0.3) is 0 Å². The highest BCUT2D eigenvalue weighted by atomic mass is 16.4. The van der Waals surface area contributed by atoms with Gasteiger partial charge in [-0.2, -0.15) is 0 Å². The van der Waals surface area contributed by atoms with Crippen molar-refractivity contribution in [1.29, 1.82) is 0 Å². The van der Waals surface area contributed by atoms with Crippen LogP contribution in [-0.4, -0.2) is 17.0 Å². The Morgan fingerprint density at radius 3 is 2.84 bits per heavy atom. The zero-order chi connectivity index (χ0) is 14.3. The molecule has 0 aliphatic heterocycles. The lowest BCUT2D eigenvalue weighted by atomic mass is 10.1. The SMILES string of the molecule is CC(C)CCC(=O)NCc1cccc(/C(N)=N/O)c1. The molecule has 4 N–H and O–H groups in total. The maximum atomic E-state index is 11.6. The molecule has 5 nitrogen and oxygen atoms in total. The van der Waals surface area contributed by atoms with Gasteiger partial charge in [0.1, 0.15) is 0 Å². The summed E-state index contributed by atoms with van der Waals surface area (Å²) in [6, 6.07) is 7.23. The minimum atomic E-state index is 0.0444. The number of hydrogen-bond acceptors (Lipinski definition) is 3. The van der Waals surface area contributed by atoms with Crippen LogP contribution >= 0.6 is 0 Å². The number of amidine groups is 1. The van der Waals surface area contributed by atoms with Gasteiger partial charge in [-0.3, -0.25) is 4.79 Å². The highest BCUT2D eigenvalue weighted by Gasteiger charge is 2.04. The lowest BCUT2D eigenvalue weighted by molar-refractivity contribution is -0.121. The minimum Gasteiger partial charge on any atom is -0.409 e. The van der Waals surface area contributed by atoms with Gasteiger partial charge in [0.2, 0.25) is 5.91 Å². The highest BCUT2D eigenvalue weighted by molar-refractivity contribution is 5.97. The first-order chi connectivity index (χ1) is 9.02. The molecule has 1 rings (SSSR count). The van der Waals surface area contributed by atoms with E-state index in [-0.39, 0.29) is 11.7 Å². The van der Waals surface area contributed by atoms with Crippen molar-refractivity contribution in [2.24, 2.45) is 16.8 Å². The molecular weight excluding hydrogens is 242 g/mol. The quantitative estimate of drug-likeness (QED) is 0.317. The zero-order valence-corrected chi connectivity index (χ0v) is 11.4. The van der Waals surface area contributed by atoms with Crippen LogP contribution in [0.1, 0.15) is 37.8 Å². The molecule has 0 aliphatic rings. The van der Waals surface area contributed by atoms with E-state index in [4.69, 9.17) is 10.9 Å². The van der Waals surface area contributed by atoms with E-state index in [0.29, 0.717) is 24.4 Å². The third-order valence-corrected chi connectivity index (χ3v) is 2.77. The fraction of sp³-hybridized carbons (Fsp3) is 0.429. The first-order valence-electron chi connectivity index (χ1n) is 6.36. The fourth-order valence-corrected chi connectivity index (χ4v) is 1.61. The second-order valence-corrected chi connectivity index (χ2v) is 4.89. The zero-order valence-electron chi connectivity index (χ0n) is 11.4. The Morgan fingerprint density at radius 1 is 1.47 bits per heavy atom. The van der Waals surface area contributed by atoms with Gasteiger partial charge in [-0.15, -0.1) is 0 Å². The Morgan fingerprint density at radius 2 is 2.21 bits per heavy atom. The number of carbonyl (C=O) groups is 1. The molecule has 1 amide bonds. The van der Waals surface area contributed by atoms with E-state index in [9.17, 15) is 4.79 Å². The minimum absolute atomic E-state index is 0.0444. The molecule has 0 aliphatic carbocycles. The fourth-order valence-electron chi connectivity index (χ4n) is 1.61. The molecule has 104 valence electrons. The standard InChI is InChI=1S/C14H21N3O2/c1-10(2)6-7-13(18)16-9-11-4-3-5-12(8-11)14(15)17-19/h3-5,8,10,19H,6-7,9H2,1-2H3,(H2,15,17)(H,16,18). The van der Waals surface area contributed by atoms with E-state index >= 15 is 0 Å². The van der Waals surface area contributed by atoms with Crippen LogP contribution < -0.4 is 11.1 Å². The van der Waals surface area contributed by atoms with Crippen LogP contribution in [0.15, 0.2) is 29.4 Å². The Hall–Kier alpha value is -2.04. The van der Waals surface area contributed by atoms with Gasteiger partial charge in [-0.05, 0) is 24.0 Å². The molecule has 0 radical (unpaired) electrons. The molecule has 0 aromatic heterocycles. The van der Waals surface area contributed by atoms with E-state index in [1.807, 2.05) is 12.1 Å². The van der Waals surface area contributed by atoms with Gasteiger partial charge in [-0.25, -0.2) is 0 Å². The van der Waals surface area contributed by atoms with E-state index in [1.54, 1.807) is 12.1 Å². The van der Waals surface area contributed by atoms with Crippen molar-refractivity contribution in [3.05, 3.63) is 35.4 Å². The molecule has 19 heavy (non-hydrogen) atoms. The Balaban J connectivity index is 2.52. The summed E-state index contributed by atoms with van der Waals surface area (Å²) in [6.07, 6.45) is 1.42. The van der Waals surface area contributed by atoms with Crippen molar-refractivity contribution in [3.63, 3.8) is 0 Å². The van der Waals surface area contributed by atoms with Crippen LogP contribution in [0.2, 0.25) is 0 Å². The molecular formula is C14H21N3O2. The highest BCUT2D eigenvalue weighted by Crippen LogP contribution is 2.06. The molecule has 0 saturated heterocycles. The summed E-state index contributed by atoms with van der Waals surface area (Å²) in [6.45, 7) is 4.63. The molecule has 1 aromatic carbocycles. The second-order valence-electron chi connectivity index (χ2n) is 4.89. The van der Waals surface area contributed by atoms with Gasteiger partial charge in [0, 0.05) is 18.5 Å². The summed E-state index contributed by atoms with van der Waals surface area (Å²) in [7, 11) is 0. The average molecular weight is 263 g/mol. The Kier molecular flexibility index (Phi) is 5.85. The third kappa shape index (κ3) is 5.42. The number of hydrogen-bond donors (Lipinski definition) is 3. The molecule has 5 heteroatoms. The Bertz CT molecular complexity index is 456. The summed E-state index contributed by atoms with van der Waals surface area (Å²) in [4.78, 5) is 11.6. The monoisotopic (exact) mass is 263 g/mol. The summed E-state index contributed by atoms with van der Waals surface area (Å²) in [5, 5.41) is 14.4. The van der Waals surface area contributed by atoms with Gasteiger partial charge in [0.15, 0.2) is 5.84 Å². The van der Waals surface area contributed by atoms with Crippen molar-refractivity contribution in [3.8, 4) is 0 Å². The molecule has 0 fully saturated rings. The lowest BCUT2D eigenvalue weighted by Gasteiger charge is -2.08. The Labute approximate surface area is 113 Å². The van der Waals surface area contributed by atoms with E-state index in [2.05, 4.69) is 24.3 Å². The van der Waals surface area contributed by atoms with Crippen LogP contribution in [0, 0.1) is 5.92 Å². The number of benzene rings is 1. The van der Waals surface area contributed by atoms with Crippen LogP contribution in [0.4, 0.5) is 0 Å². The molecule has 0 saturated carbocycles. The summed E-state index contributed by atoms with van der Waals surface area (Å²) < 4.78 is 0. The number of nitrogens with two attached hydrogens (primary N) is 1.